The molecule has 0 aromatic heterocycles. The summed E-state index contributed by atoms with van der Waals surface area (Å²) in [4.78, 5) is 14.3. The van der Waals surface area contributed by atoms with E-state index in [0.29, 0.717) is 17.4 Å². The van der Waals surface area contributed by atoms with Gasteiger partial charge in [0.1, 0.15) is 5.82 Å². The maximum absolute atomic E-state index is 12.8. The van der Waals surface area contributed by atoms with Crippen molar-refractivity contribution in [2.45, 2.75) is 25.7 Å². The summed E-state index contributed by atoms with van der Waals surface area (Å²) < 4.78 is 12.8. The van der Waals surface area contributed by atoms with Gasteiger partial charge in [0.2, 0.25) is 0 Å². The molecule has 1 aliphatic carbocycles. The number of hydrogen-bond donors (Lipinski definition) is 0. The molecule has 1 amide bonds. The van der Waals surface area contributed by atoms with E-state index in [0.717, 1.165) is 13.1 Å². The van der Waals surface area contributed by atoms with Crippen LogP contribution in [0.3, 0.4) is 0 Å². The topological polar surface area (TPSA) is 20.3 Å². The van der Waals surface area contributed by atoms with Crippen LogP contribution in [-0.2, 0) is 0 Å². The van der Waals surface area contributed by atoms with Gasteiger partial charge >= 0.3 is 0 Å². The number of benzene rings is 1. The van der Waals surface area contributed by atoms with E-state index >= 15 is 0 Å². The molecule has 0 N–H and O–H groups in total. The van der Waals surface area contributed by atoms with Crippen LogP contribution in [-0.4, -0.2) is 23.9 Å². The molecule has 1 saturated heterocycles. The van der Waals surface area contributed by atoms with Crippen molar-refractivity contribution in [3.8, 4) is 0 Å². The molecule has 1 saturated carbocycles. The Balaban J connectivity index is 1.72. The number of fused-ring (bicyclic) bond motifs is 1. The van der Waals surface area contributed by atoms with Crippen LogP contribution in [0.5, 0.6) is 0 Å². The lowest BCUT2D eigenvalue weighted by atomic mass is 9.82. The second kappa shape index (κ2) is 4.71. The summed E-state index contributed by atoms with van der Waals surface area (Å²) in [7, 11) is 0. The number of amides is 1. The summed E-state index contributed by atoms with van der Waals surface area (Å²) >= 11 is 0. The van der Waals surface area contributed by atoms with Crippen molar-refractivity contribution < 1.29 is 9.18 Å². The summed E-state index contributed by atoms with van der Waals surface area (Å²) in [5.74, 6) is 1.16. The summed E-state index contributed by atoms with van der Waals surface area (Å²) in [5, 5.41) is 0. The van der Waals surface area contributed by atoms with Gasteiger partial charge in [-0.15, -0.1) is 0 Å². The van der Waals surface area contributed by atoms with E-state index in [-0.39, 0.29) is 11.7 Å². The molecule has 1 aromatic carbocycles. The van der Waals surface area contributed by atoms with Crippen LogP contribution in [0.4, 0.5) is 4.39 Å². The average Bonchev–Trinajstić information content (AvgIpc) is 2.82. The number of carbonyl (C=O) groups excluding carboxylic acids is 1. The minimum Gasteiger partial charge on any atom is -0.338 e. The molecule has 2 aliphatic rings. The largest absolute Gasteiger partial charge is 0.338 e. The van der Waals surface area contributed by atoms with Crippen molar-refractivity contribution in [3.63, 3.8) is 0 Å². The molecule has 1 aromatic rings. The normalized spacial score (nSPS) is 27.1. The molecule has 96 valence electrons. The molecule has 18 heavy (non-hydrogen) atoms. The minimum atomic E-state index is -0.290. The van der Waals surface area contributed by atoms with Gasteiger partial charge in [0.25, 0.3) is 5.91 Å². The van der Waals surface area contributed by atoms with E-state index in [4.69, 9.17) is 0 Å². The number of rotatable bonds is 1. The van der Waals surface area contributed by atoms with Crippen LogP contribution < -0.4 is 0 Å². The van der Waals surface area contributed by atoms with Crippen molar-refractivity contribution in [1.29, 1.82) is 0 Å². The molecule has 1 heterocycles. The van der Waals surface area contributed by atoms with Crippen molar-refractivity contribution >= 4 is 5.91 Å². The molecule has 2 nitrogen and oxygen atoms in total. The molecule has 3 heteroatoms. The van der Waals surface area contributed by atoms with Gasteiger partial charge in [0.05, 0.1) is 0 Å². The van der Waals surface area contributed by atoms with E-state index in [1.54, 1.807) is 12.1 Å². The zero-order valence-electron chi connectivity index (χ0n) is 10.4. The number of likely N-dealkylation sites (tertiary alicyclic amines) is 1. The third-order valence-electron chi connectivity index (χ3n) is 4.35. The lowest BCUT2D eigenvalue weighted by Crippen LogP contribution is -2.28. The Morgan fingerprint density at radius 3 is 2.17 bits per heavy atom. The average molecular weight is 247 g/mol. The summed E-state index contributed by atoms with van der Waals surface area (Å²) in [6, 6.07) is 5.88. The van der Waals surface area contributed by atoms with Gasteiger partial charge in [-0.05, 0) is 48.9 Å². The Kier molecular flexibility index (Phi) is 3.06. The van der Waals surface area contributed by atoms with E-state index in [2.05, 4.69) is 0 Å². The van der Waals surface area contributed by atoms with Crippen molar-refractivity contribution in [2.24, 2.45) is 11.8 Å². The fourth-order valence-corrected chi connectivity index (χ4v) is 3.35. The summed E-state index contributed by atoms with van der Waals surface area (Å²) in [6.07, 6.45) is 5.13. The van der Waals surface area contributed by atoms with Gasteiger partial charge in [0.15, 0.2) is 0 Å². The van der Waals surface area contributed by atoms with Crippen LogP contribution >= 0.6 is 0 Å². The second-order valence-electron chi connectivity index (χ2n) is 5.52. The zero-order valence-corrected chi connectivity index (χ0v) is 10.4. The van der Waals surface area contributed by atoms with Crippen molar-refractivity contribution in [2.75, 3.05) is 13.1 Å². The van der Waals surface area contributed by atoms with Gasteiger partial charge in [-0.1, -0.05) is 12.8 Å². The molecule has 2 unspecified atom stereocenters. The Bertz CT molecular complexity index is 428. The third kappa shape index (κ3) is 2.14. The van der Waals surface area contributed by atoms with E-state index in [1.807, 2.05) is 4.90 Å². The number of halogens is 1. The monoisotopic (exact) mass is 247 g/mol. The highest BCUT2D eigenvalue weighted by Crippen LogP contribution is 2.36. The minimum absolute atomic E-state index is 0.0596. The van der Waals surface area contributed by atoms with Gasteiger partial charge < -0.3 is 4.90 Å². The molecule has 2 atom stereocenters. The molecule has 2 fully saturated rings. The van der Waals surface area contributed by atoms with Crippen molar-refractivity contribution in [3.05, 3.63) is 35.6 Å². The highest BCUT2D eigenvalue weighted by Gasteiger charge is 2.36. The third-order valence-corrected chi connectivity index (χ3v) is 4.35. The number of carbonyl (C=O) groups is 1. The highest BCUT2D eigenvalue weighted by atomic mass is 19.1. The first-order valence-electron chi connectivity index (χ1n) is 6.79. The first kappa shape index (κ1) is 11.7. The predicted molar refractivity (Wildman–Crippen MR) is 67.8 cm³/mol. The second-order valence-corrected chi connectivity index (χ2v) is 5.52. The van der Waals surface area contributed by atoms with E-state index in [1.165, 1.54) is 37.8 Å². The van der Waals surface area contributed by atoms with Gasteiger partial charge in [-0.25, -0.2) is 4.39 Å². The van der Waals surface area contributed by atoms with Crippen molar-refractivity contribution in [1.82, 2.24) is 4.90 Å². The Labute approximate surface area is 107 Å². The summed E-state index contributed by atoms with van der Waals surface area (Å²) in [6.45, 7) is 1.78. The van der Waals surface area contributed by atoms with E-state index in [9.17, 15) is 9.18 Å². The Hall–Kier alpha value is -1.38. The smallest absolute Gasteiger partial charge is 0.253 e. The van der Waals surface area contributed by atoms with Crippen LogP contribution in [0.1, 0.15) is 36.0 Å². The van der Waals surface area contributed by atoms with Crippen LogP contribution in [0, 0.1) is 17.7 Å². The van der Waals surface area contributed by atoms with Gasteiger partial charge in [0, 0.05) is 18.7 Å². The SMILES string of the molecule is O=C(c1ccc(F)cc1)N1CC2CCCCC2C1. The Morgan fingerprint density at radius 2 is 1.61 bits per heavy atom. The fraction of sp³-hybridized carbons (Fsp3) is 0.533. The number of nitrogens with zero attached hydrogens (tertiary/aromatic N) is 1. The number of hydrogen-bond acceptors (Lipinski definition) is 1. The molecule has 3 rings (SSSR count). The molecule has 0 bridgehead atoms. The van der Waals surface area contributed by atoms with Gasteiger partial charge in [-0.2, -0.15) is 0 Å². The first-order chi connectivity index (χ1) is 8.74. The molecule has 0 spiro atoms. The maximum Gasteiger partial charge on any atom is 0.253 e. The predicted octanol–water partition coefficient (Wildman–Crippen LogP) is 3.09. The quantitative estimate of drug-likeness (QED) is 0.746. The van der Waals surface area contributed by atoms with Crippen LogP contribution in [0.2, 0.25) is 0 Å². The first-order valence-corrected chi connectivity index (χ1v) is 6.79. The molecular formula is C15H18FNO. The molecule has 1 aliphatic heterocycles. The zero-order chi connectivity index (χ0) is 12.5. The lowest BCUT2D eigenvalue weighted by molar-refractivity contribution is 0.0784. The molecular weight excluding hydrogens is 229 g/mol. The summed E-state index contributed by atoms with van der Waals surface area (Å²) in [5.41, 5.74) is 0.607. The fourth-order valence-electron chi connectivity index (χ4n) is 3.35. The Morgan fingerprint density at radius 1 is 1.06 bits per heavy atom. The lowest BCUT2D eigenvalue weighted by Gasteiger charge is -2.22. The standard InChI is InChI=1S/C15H18FNO/c16-14-7-5-11(6-8-14)15(18)17-9-12-3-1-2-4-13(12)10-17/h5-8,12-13H,1-4,9-10H2. The van der Waals surface area contributed by atoms with Gasteiger partial charge in [-0.3, -0.25) is 4.79 Å². The highest BCUT2D eigenvalue weighted by molar-refractivity contribution is 5.94. The maximum atomic E-state index is 12.8. The van der Waals surface area contributed by atoms with E-state index < -0.39 is 0 Å². The van der Waals surface area contributed by atoms with Crippen LogP contribution in [0.25, 0.3) is 0 Å². The van der Waals surface area contributed by atoms with Crippen LogP contribution in [0.15, 0.2) is 24.3 Å². The molecule has 0 radical (unpaired) electrons.